The van der Waals surface area contributed by atoms with E-state index in [0.29, 0.717) is 39.6 Å². The van der Waals surface area contributed by atoms with Crippen LogP contribution in [0.2, 0.25) is 0 Å². The number of benzene rings is 1. The molecule has 0 saturated heterocycles. The minimum absolute atomic E-state index is 0.168. The monoisotopic (exact) mass is 415 g/mol. The number of thiophene rings is 1. The van der Waals surface area contributed by atoms with Crippen LogP contribution in [-0.2, 0) is 22.6 Å². The summed E-state index contributed by atoms with van der Waals surface area (Å²) < 4.78 is 10.1. The highest BCUT2D eigenvalue weighted by Crippen LogP contribution is 2.27. The number of hydrogen-bond acceptors (Lipinski definition) is 7. The van der Waals surface area contributed by atoms with Crippen molar-refractivity contribution >= 4 is 27.5 Å². The second-order valence-corrected chi connectivity index (χ2v) is 7.98. The molecule has 0 amide bonds. The maximum atomic E-state index is 12.6. The van der Waals surface area contributed by atoms with Crippen molar-refractivity contribution in [1.82, 2.24) is 14.9 Å². The van der Waals surface area contributed by atoms with Crippen LogP contribution in [0, 0.1) is 13.8 Å². The van der Waals surface area contributed by atoms with Crippen molar-refractivity contribution in [3.63, 3.8) is 0 Å². The zero-order valence-corrected chi connectivity index (χ0v) is 17.9. The summed E-state index contributed by atoms with van der Waals surface area (Å²) in [6.07, 6.45) is 0. The third-order valence-electron chi connectivity index (χ3n) is 4.68. The summed E-state index contributed by atoms with van der Waals surface area (Å²) in [5.41, 5.74) is 2.81. The number of carbonyl (C=O) groups is 1. The first-order chi connectivity index (χ1) is 13.9. The molecule has 2 aromatic heterocycles. The molecule has 3 aromatic rings. The van der Waals surface area contributed by atoms with Gasteiger partial charge in [-0.05, 0) is 37.6 Å². The Hall–Kier alpha value is -2.55. The summed E-state index contributed by atoms with van der Waals surface area (Å²) in [6, 6.07) is 8.21. The standard InChI is InChI=1S/C21H25N3O4S/c1-13-7-5-6-8-15(13)11-24(3)12-16-22-19(25)17-14(2)18(29-20(17)23-16)21(26)28-10-9-27-4/h5-8H,9-12H2,1-4H3,(H,22,23,25). The molecule has 154 valence electrons. The maximum Gasteiger partial charge on any atom is 0.348 e. The van der Waals surface area contributed by atoms with Gasteiger partial charge in [0.25, 0.3) is 5.56 Å². The summed E-state index contributed by atoms with van der Waals surface area (Å²) in [5, 5.41) is 0.444. The van der Waals surface area contributed by atoms with Crippen LogP contribution in [0.1, 0.15) is 32.2 Å². The average Bonchev–Trinajstić information content (AvgIpc) is 3.00. The molecule has 7 nitrogen and oxygen atoms in total. The minimum atomic E-state index is -0.458. The van der Waals surface area contributed by atoms with E-state index in [1.54, 1.807) is 14.0 Å². The Labute approximate surface area is 173 Å². The van der Waals surface area contributed by atoms with Gasteiger partial charge in [-0.1, -0.05) is 24.3 Å². The number of carbonyl (C=O) groups excluding carboxylic acids is 1. The van der Waals surface area contributed by atoms with E-state index in [0.717, 1.165) is 6.54 Å². The number of nitrogens with one attached hydrogen (secondary N) is 1. The molecule has 8 heteroatoms. The summed E-state index contributed by atoms with van der Waals surface area (Å²) in [5.74, 6) is 0.110. The minimum Gasteiger partial charge on any atom is -0.459 e. The molecular weight excluding hydrogens is 390 g/mol. The molecule has 0 atom stereocenters. The number of hydrogen-bond donors (Lipinski definition) is 1. The van der Waals surface area contributed by atoms with Crippen LogP contribution >= 0.6 is 11.3 Å². The Balaban J connectivity index is 1.81. The van der Waals surface area contributed by atoms with Crippen molar-refractivity contribution in [2.45, 2.75) is 26.9 Å². The van der Waals surface area contributed by atoms with Gasteiger partial charge in [-0.15, -0.1) is 11.3 Å². The molecule has 2 heterocycles. The highest BCUT2D eigenvalue weighted by Gasteiger charge is 2.20. The number of rotatable bonds is 8. The van der Waals surface area contributed by atoms with Crippen LogP contribution in [0.3, 0.4) is 0 Å². The molecule has 0 saturated carbocycles. The molecule has 0 aliphatic carbocycles. The van der Waals surface area contributed by atoms with Gasteiger partial charge in [0, 0.05) is 13.7 Å². The van der Waals surface area contributed by atoms with Crippen molar-refractivity contribution in [2.75, 3.05) is 27.4 Å². The van der Waals surface area contributed by atoms with Gasteiger partial charge in [0.05, 0.1) is 18.5 Å². The summed E-state index contributed by atoms with van der Waals surface area (Å²) >= 11 is 1.19. The highest BCUT2D eigenvalue weighted by atomic mass is 32.1. The first kappa shape index (κ1) is 21.2. The van der Waals surface area contributed by atoms with Gasteiger partial charge < -0.3 is 14.5 Å². The third kappa shape index (κ3) is 4.90. The van der Waals surface area contributed by atoms with Crippen LogP contribution < -0.4 is 5.56 Å². The zero-order chi connectivity index (χ0) is 21.0. The first-order valence-corrected chi connectivity index (χ1v) is 10.1. The predicted molar refractivity (Wildman–Crippen MR) is 113 cm³/mol. The van der Waals surface area contributed by atoms with Crippen LogP contribution in [0.4, 0.5) is 0 Å². The van der Waals surface area contributed by atoms with E-state index < -0.39 is 5.97 Å². The van der Waals surface area contributed by atoms with E-state index in [1.807, 2.05) is 19.2 Å². The predicted octanol–water partition coefficient (Wildman–Crippen LogP) is 3.04. The molecule has 1 aromatic carbocycles. The Morgan fingerprint density at radius 1 is 1.21 bits per heavy atom. The lowest BCUT2D eigenvalue weighted by Gasteiger charge is -2.17. The number of fused-ring (bicyclic) bond motifs is 1. The molecule has 0 spiro atoms. The molecule has 0 aliphatic rings. The summed E-state index contributed by atoms with van der Waals surface area (Å²) in [7, 11) is 3.52. The Morgan fingerprint density at radius 3 is 2.69 bits per heavy atom. The SMILES string of the molecule is COCCOC(=O)c1sc2nc(CN(C)Cc3ccccc3C)[nH]c(=O)c2c1C. The number of H-pyrrole nitrogens is 1. The Bertz CT molecular complexity index is 1070. The molecule has 29 heavy (non-hydrogen) atoms. The molecular formula is C21H25N3O4S. The molecule has 0 fully saturated rings. The lowest BCUT2D eigenvalue weighted by atomic mass is 10.1. The largest absolute Gasteiger partial charge is 0.459 e. The average molecular weight is 416 g/mol. The van der Waals surface area contributed by atoms with E-state index >= 15 is 0 Å². The quantitative estimate of drug-likeness (QED) is 0.450. The van der Waals surface area contributed by atoms with Crippen molar-refractivity contribution in [3.8, 4) is 0 Å². The second kappa shape index (κ2) is 9.30. The van der Waals surface area contributed by atoms with Gasteiger partial charge >= 0.3 is 5.97 Å². The van der Waals surface area contributed by atoms with E-state index in [2.05, 4.69) is 33.9 Å². The van der Waals surface area contributed by atoms with Gasteiger partial charge in [-0.25, -0.2) is 9.78 Å². The number of methoxy groups -OCH3 is 1. The molecule has 0 unspecified atom stereocenters. The van der Waals surface area contributed by atoms with Crippen molar-refractivity contribution in [2.24, 2.45) is 0 Å². The molecule has 0 bridgehead atoms. The molecule has 0 aliphatic heterocycles. The third-order valence-corrected chi connectivity index (χ3v) is 5.84. The highest BCUT2D eigenvalue weighted by molar-refractivity contribution is 7.20. The number of aryl methyl sites for hydroxylation is 2. The van der Waals surface area contributed by atoms with Crippen molar-refractivity contribution in [3.05, 3.63) is 62.0 Å². The molecule has 0 radical (unpaired) electrons. The van der Waals surface area contributed by atoms with Gasteiger partial charge in [-0.2, -0.15) is 0 Å². The summed E-state index contributed by atoms with van der Waals surface area (Å²) in [6.45, 7) is 5.55. The fourth-order valence-corrected chi connectivity index (χ4v) is 4.23. The fourth-order valence-electron chi connectivity index (χ4n) is 3.13. The van der Waals surface area contributed by atoms with E-state index in [-0.39, 0.29) is 12.2 Å². The van der Waals surface area contributed by atoms with Crippen molar-refractivity contribution in [1.29, 1.82) is 0 Å². The normalized spacial score (nSPS) is 11.3. The van der Waals surface area contributed by atoms with Crippen LogP contribution in [0.5, 0.6) is 0 Å². The van der Waals surface area contributed by atoms with Crippen LogP contribution in [0.25, 0.3) is 10.2 Å². The first-order valence-electron chi connectivity index (χ1n) is 9.32. The van der Waals surface area contributed by atoms with Gasteiger partial charge in [-0.3, -0.25) is 9.69 Å². The second-order valence-electron chi connectivity index (χ2n) is 6.98. The maximum absolute atomic E-state index is 12.6. The van der Waals surface area contributed by atoms with Crippen LogP contribution in [0.15, 0.2) is 29.1 Å². The number of nitrogens with zero attached hydrogens (tertiary/aromatic N) is 2. The fraction of sp³-hybridized carbons (Fsp3) is 0.381. The van der Waals surface area contributed by atoms with Gasteiger partial charge in [0.15, 0.2) is 0 Å². The zero-order valence-electron chi connectivity index (χ0n) is 17.1. The molecule has 3 rings (SSSR count). The summed E-state index contributed by atoms with van der Waals surface area (Å²) in [4.78, 5) is 35.4. The number of aromatic nitrogens is 2. The Morgan fingerprint density at radius 2 is 1.97 bits per heavy atom. The molecule has 1 N–H and O–H groups in total. The number of ether oxygens (including phenoxy) is 2. The Kier molecular flexibility index (Phi) is 6.79. The lowest BCUT2D eigenvalue weighted by Crippen LogP contribution is -2.22. The smallest absolute Gasteiger partial charge is 0.348 e. The van der Waals surface area contributed by atoms with E-state index in [1.165, 1.54) is 22.5 Å². The topological polar surface area (TPSA) is 84.5 Å². The number of esters is 1. The van der Waals surface area contributed by atoms with E-state index in [9.17, 15) is 9.59 Å². The van der Waals surface area contributed by atoms with Crippen LogP contribution in [-0.4, -0.2) is 48.2 Å². The van der Waals surface area contributed by atoms with Gasteiger partial charge in [0.2, 0.25) is 0 Å². The lowest BCUT2D eigenvalue weighted by molar-refractivity contribution is 0.0393. The van der Waals surface area contributed by atoms with Gasteiger partial charge in [0.1, 0.15) is 22.1 Å². The van der Waals surface area contributed by atoms with Crippen molar-refractivity contribution < 1.29 is 14.3 Å². The number of aromatic amines is 1. The van der Waals surface area contributed by atoms with E-state index in [4.69, 9.17) is 9.47 Å².